The lowest BCUT2D eigenvalue weighted by Gasteiger charge is -2.21. The smallest absolute Gasteiger partial charge is 0.0639 e. The maximum atomic E-state index is 5.64. The van der Waals surface area contributed by atoms with Gasteiger partial charge in [0, 0.05) is 13.0 Å². The minimum atomic E-state index is 0.445. The van der Waals surface area contributed by atoms with Crippen LogP contribution in [0.2, 0.25) is 0 Å². The highest BCUT2D eigenvalue weighted by Crippen LogP contribution is 2.42. The van der Waals surface area contributed by atoms with Crippen molar-refractivity contribution < 1.29 is 4.74 Å². The largest absolute Gasteiger partial charge is 0.381 e. The molecule has 0 bridgehead atoms. The first-order valence-corrected chi connectivity index (χ1v) is 6.53. The Balaban J connectivity index is 2.29. The molecular weight excluding hydrogens is 196 g/mol. The predicted molar refractivity (Wildman–Crippen MR) is 68.3 cm³/mol. The van der Waals surface area contributed by atoms with E-state index in [1.54, 1.807) is 11.1 Å². The van der Waals surface area contributed by atoms with E-state index in [9.17, 15) is 0 Å². The van der Waals surface area contributed by atoms with Gasteiger partial charge in [-0.15, -0.1) is 0 Å². The molecule has 1 fully saturated rings. The summed E-state index contributed by atoms with van der Waals surface area (Å²) in [6, 6.07) is 0. The molecular formula is C15H24O. The van der Waals surface area contributed by atoms with Crippen molar-refractivity contribution in [1.29, 1.82) is 0 Å². The van der Waals surface area contributed by atoms with Crippen molar-refractivity contribution in [2.45, 2.75) is 46.1 Å². The van der Waals surface area contributed by atoms with Crippen LogP contribution in [0.25, 0.3) is 0 Å². The maximum absolute atomic E-state index is 5.64. The fourth-order valence-corrected chi connectivity index (χ4v) is 3.19. The highest BCUT2D eigenvalue weighted by atomic mass is 16.5. The lowest BCUT2D eigenvalue weighted by molar-refractivity contribution is 0.0808. The summed E-state index contributed by atoms with van der Waals surface area (Å²) in [6.07, 6.45) is 9.07. The Morgan fingerprint density at radius 3 is 2.69 bits per heavy atom. The predicted octanol–water partition coefficient (Wildman–Crippen LogP) is 3.96. The van der Waals surface area contributed by atoms with Crippen molar-refractivity contribution in [2.75, 3.05) is 7.11 Å². The topological polar surface area (TPSA) is 9.23 Å². The number of hydrogen-bond acceptors (Lipinski definition) is 1. The molecule has 0 aromatic carbocycles. The molecule has 2 rings (SSSR count). The Bertz CT molecular complexity index is 311. The van der Waals surface area contributed by atoms with Gasteiger partial charge < -0.3 is 4.74 Å². The standard InChI is InChI=1S/C15H24O/c1-10(2)12-6-5-11(3)13-7-8-15(16-4)14(13)9-12/h5,9-10,13-15H,6-8H2,1-4H3. The van der Waals surface area contributed by atoms with Crippen molar-refractivity contribution in [3.8, 4) is 0 Å². The third kappa shape index (κ3) is 2.10. The van der Waals surface area contributed by atoms with Gasteiger partial charge in [0.05, 0.1) is 6.10 Å². The van der Waals surface area contributed by atoms with Crippen molar-refractivity contribution >= 4 is 0 Å². The van der Waals surface area contributed by atoms with E-state index >= 15 is 0 Å². The molecule has 1 saturated carbocycles. The van der Waals surface area contributed by atoms with Crippen LogP contribution in [0.4, 0.5) is 0 Å². The summed E-state index contributed by atoms with van der Waals surface area (Å²) in [4.78, 5) is 0. The van der Waals surface area contributed by atoms with Crippen LogP contribution in [0, 0.1) is 17.8 Å². The molecule has 16 heavy (non-hydrogen) atoms. The van der Waals surface area contributed by atoms with Gasteiger partial charge in [0.25, 0.3) is 0 Å². The van der Waals surface area contributed by atoms with E-state index in [-0.39, 0.29) is 0 Å². The van der Waals surface area contributed by atoms with Gasteiger partial charge >= 0.3 is 0 Å². The average Bonchev–Trinajstić information content (AvgIpc) is 2.58. The van der Waals surface area contributed by atoms with Crippen molar-refractivity contribution in [1.82, 2.24) is 0 Å². The minimum Gasteiger partial charge on any atom is -0.381 e. The van der Waals surface area contributed by atoms with Crippen LogP contribution in [-0.4, -0.2) is 13.2 Å². The normalized spacial score (nSPS) is 34.4. The number of fused-ring (bicyclic) bond motifs is 1. The Morgan fingerprint density at radius 2 is 2.06 bits per heavy atom. The maximum Gasteiger partial charge on any atom is 0.0639 e. The molecule has 1 nitrogen and oxygen atoms in total. The third-order valence-corrected chi connectivity index (χ3v) is 4.35. The summed E-state index contributed by atoms with van der Waals surface area (Å²) in [5, 5.41) is 0. The van der Waals surface area contributed by atoms with Crippen LogP contribution < -0.4 is 0 Å². The van der Waals surface area contributed by atoms with Crippen LogP contribution >= 0.6 is 0 Å². The van der Waals surface area contributed by atoms with Crippen LogP contribution in [0.1, 0.15) is 40.0 Å². The first-order valence-electron chi connectivity index (χ1n) is 6.53. The molecule has 1 heteroatoms. The summed E-state index contributed by atoms with van der Waals surface area (Å²) >= 11 is 0. The molecule has 0 aromatic rings. The van der Waals surface area contributed by atoms with Gasteiger partial charge in [0.15, 0.2) is 0 Å². The molecule has 2 aliphatic carbocycles. The fourth-order valence-electron chi connectivity index (χ4n) is 3.19. The van der Waals surface area contributed by atoms with Gasteiger partial charge in [-0.2, -0.15) is 0 Å². The van der Waals surface area contributed by atoms with Crippen LogP contribution in [0.5, 0.6) is 0 Å². The van der Waals surface area contributed by atoms with Crippen LogP contribution in [0.3, 0.4) is 0 Å². The molecule has 3 atom stereocenters. The summed E-state index contributed by atoms with van der Waals surface area (Å²) in [5.41, 5.74) is 3.17. The molecule has 0 aromatic heterocycles. The Hall–Kier alpha value is -0.560. The van der Waals surface area contributed by atoms with E-state index in [1.165, 1.54) is 12.8 Å². The van der Waals surface area contributed by atoms with Gasteiger partial charge in [-0.3, -0.25) is 0 Å². The number of methoxy groups -OCH3 is 1. The number of ether oxygens (including phenoxy) is 1. The molecule has 3 unspecified atom stereocenters. The van der Waals surface area contributed by atoms with Gasteiger partial charge in [0.1, 0.15) is 0 Å². The zero-order chi connectivity index (χ0) is 11.7. The van der Waals surface area contributed by atoms with Crippen molar-refractivity contribution in [2.24, 2.45) is 17.8 Å². The molecule has 2 aliphatic rings. The van der Waals surface area contributed by atoms with Crippen LogP contribution in [0.15, 0.2) is 23.3 Å². The first kappa shape index (κ1) is 11.9. The average molecular weight is 220 g/mol. The van der Waals surface area contributed by atoms with E-state index in [1.807, 2.05) is 7.11 Å². The Morgan fingerprint density at radius 1 is 1.31 bits per heavy atom. The fraction of sp³-hybridized carbons (Fsp3) is 0.733. The molecule has 0 radical (unpaired) electrons. The van der Waals surface area contributed by atoms with Gasteiger partial charge in [-0.05, 0) is 38.0 Å². The second kappa shape index (κ2) is 4.75. The Labute approximate surface area is 99.6 Å². The second-order valence-corrected chi connectivity index (χ2v) is 5.58. The quantitative estimate of drug-likeness (QED) is 0.640. The summed E-state index contributed by atoms with van der Waals surface area (Å²) in [6.45, 7) is 6.89. The molecule has 0 spiro atoms. The molecule has 0 aliphatic heterocycles. The molecule has 0 heterocycles. The lowest BCUT2D eigenvalue weighted by Crippen LogP contribution is -2.20. The lowest BCUT2D eigenvalue weighted by atomic mass is 9.88. The number of allylic oxidation sites excluding steroid dienone is 3. The molecule has 0 saturated heterocycles. The minimum absolute atomic E-state index is 0.445. The van der Waals surface area contributed by atoms with Crippen LogP contribution in [-0.2, 0) is 4.74 Å². The number of rotatable bonds is 2. The van der Waals surface area contributed by atoms with Gasteiger partial charge in [-0.1, -0.05) is 37.1 Å². The van der Waals surface area contributed by atoms with Gasteiger partial charge in [0.2, 0.25) is 0 Å². The van der Waals surface area contributed by atoms with E-state index in [4.69, 9.17) is 4.74 Å². The van der Waals surface area contributed by atoms with E-state index in [2.05, 4.69) is 32.9 Å². The highest BCUT2D eigenvalue weighted by Gasteiger charge is 2.36. The summed E-state index contributed by atoms with van der Waals surface area (Å²) in [7, 11) is 1.86. The summed E-state index contributed by atoms with van der Waals surface area (Å²) < 4.78 is 5.64. The molecule has 0 amide bonds. The monoisotopic (exact) mass is 220 g/mol. The molecule has 0 N–H and O–H groups in total. The van der Waals surface area contributed by atoms with E-state index in [0.29, 0.717) is 17.9 Å². The SMILES string of the molecule is COC1CCC2C(C)=CCC(C(C)C)=CC12. The first-order chi connectivity index (χ1) is 7.63. The third-order valence-electron chi connectivity index (χ3n) is 4.35. The second-order valence-electron chi connectivity index (χ2n) is 5.58. The molecule has 90 valence electrons. The van der Waals surface area contributed by atoms with Gasteiger partial charge in [-0.25, -0.2) is 0 Å². The number of hydrogen-bond donors (Lipinski definition) is 0. The van der Waals surface area contributed by atoms with Crippen molar-refractivity contribution in [3.05, 3.63) is 23.3 Å². The zero-order valence-electron chi connectivity index (χ0n) is 11.0. The zero-order valence-corrected chi connectivity index (χ0v) is 11.0. The summed E-state index contributed by atoms with van der Waals surface area (Å²) in [5.74, 6) is 2.03. The van der Waals surface area contributed by atoms with E-state index < -0.39 is 0 Å². The van der Waals surface area contributed by atoms with E-state index in [0.717, 1.165) is 12.3 Å². The Kier molecular flexibility index (Phi) is 3.53. The highest BCUT2D eigenvalue weighted by molar-refractivity contribution is 5.24. The van der Waals surface area contributed by atoms with Crippen molar-refractivity contribution in [3.63, 3.8) is 0 Å².